The number of fused-ring (bicyclic) bond motifs is 3. The molecule has 0 unspecified atom stereocenters. The second-order valence-electron chi connectivity index (χ2n) is 7.18. The van der Waals surface area contributed by atoms with Gasteiger partial charge in [0.1, 0.15) is 5.69 Å². The van der Waals surface area contributed by atoms with E-state index in [0.29, 0.717) is 0 Å². The molecule has 28 heavy (non-hydrogen) atoms. The maximum absolute atomic E-state index is 4.72. The number of benzene rings is 2. The van der Waals surface area contributed by atoms with Crippen molar-refractivity contribution < 1.29 is 0 Å². The molecule has 6 rings (SSSR count). The average Bonchev–Trinajstić information content (AvgIpc) is 3.36. The minimum absolute atomic E-state index is 0.777. The van der Waals surface area contributed by atoms with Crippen LogP contribution in [0, 0.1) is 0 Å². The smallest absolute Gasteiger partial charge is 0.159 e. The topological polar surface area (TPSA) is 82.3 Å². The molecule has 4 heterocycles. The Morgan fingerprint density at radius 2 is 1.93 bits per heavy atom. The van der Waals surface area contributed by atoms with E-state index >= 15 is 0 Å². The molecule has 6 heteroatoms. The van der Waals surface area contributed by atoms with Gasteiger partial charge < -0.3 is 10.3 Å². The first-order chi connectivity index (χ1) is 13.9. The normalized spacial score (nSPS) is 13.6. The Balaban J connectivity index is 1.53. The fourth-order valence-electron chi connectivity index (χ4n) is 4.07. The Hall–Kier alpha value is -3.67. The summed E-state index contributed by atoms with van der Waals surface area (Å²) in [7, 11) is 0. The number of H-pyrrole nitrogens is 2. The van der Waals surface area contributed by atoms with Crippen LogP contribution in [0.25, 0.3) is 44.6 Å². The summed E-state index contributed by atoms with van der Waals surface area (Å²) in [6.07, 6.45) is 6.10. The van der Waals surface area contributed by atoms with E-state index in [1.54, 1.807) is 0 Å². The predicted molar refractivity (Wildman–Crippen MR) is 111 cm³/mol. The number of aromatic amines is 2. The predicted octanol–water partition coefficient (Wildman–Crippen LogP) is 4.53. The molecule has 1 aliphatic rings. The van der Waals surface area contributed by atoms with Gasteiger partial charge in [-0.1, -0.05) is 18.2 Å². The summed E-state index contributed by atoms with van der Waals surface area (Å²) < 4.78 is 0. The van der Waals surface area contributed by atoms with Crippen molar-refractivity contribution in [1.29, 1.82) is 0 Å². The summed E-state index contributed by atoms with van der Waals surface area (Å²) in [4.78, 5) is 12.5. The summed E-state index contributed by atoms with van der Waals surface area (Å²) in [5.74, 6) is 0.777. The highest BCUT2D eigenvalue weighted by Gasteiger charge is 2.17. The second kappa shape index (κ2) is 5.92. The number of rotatable bonds is 2. The molecule has 5 aromatic rings. The third-order valence-electron chi connectivity index (χ3n) is 5.46. The van der Waals surface area contributed by atoms with Crippen LogP contribution >= 0.6 is 0 Å². The molecule has 0 amide bonds. The second-order valence-corrected chi connectivity index (χ2v) is 7.18. The number of anilines is 1. The third kappa shape index (κ3) is 2.31. The van der Waals surface area contributed by atoms with Crippen LogP contribution in [-0.2, 0) is 6.42 Å². The Morgan fingerprint density at radius 3 is 2.89 bits per heavy atom. The molecule has 0 atom stereocenters. The van der Waals surface area contributed by atoms with Crippen LogP contribution in [0.5, 0.6) is 0 Å². The summed E-state index contributed by atoms with van der Waals surface area (Å²) in [5.41, 5.74) is 8.61. The van der Waals surface area contributed by atoms with Crippen molar-refractivity contribution in [1.82, 2.24) is 25.1 Å². The maximum Gasteiger partial charge on any atom is 0.159 e. The lowest BCUT2D eigenvalue weighted by molar-refractivity contribution is 0.828. The lowest BCUT2D eigenvalue weighted by atomic mass is 9.94. The number of nitrogens with zero attached hydrogens (tertiary/aromatic N) is 3. The van der Waals surface area contributed by atoms with Crippen molar-refractivity contribution in [2.24, 2.45) is 0 Å². The summed E-state index contributed by atoms with van der Waals surface area (Å²) in [6.45, 7) is 1.01. The summed E-state index contributed by atoms with van der Waals surface area (Å²) in [6, 6.07) is 14.4. The molecule has 0 saturated carbocycles. The zero-order chi connectivity index (χ0) is 18.5. The van der Waals surface area contributed by atoms with E-state index in [1.165, 1.54) is 11.1 Å². The number of nitrogens with one attached hydrogen (secondary N) is 3. The highest BCUT2D eigenvalue weighted by atomic mass is 15.1. The Kier molecular flexibility index (Phi) is 3.25. The minimum Gasteiger partial charge on any atom is -0.384 e. The van der Waals surface area contributed by atoms with E-state index in [2.05, 4.69) is 43.7 Å². The van der Waals surface area contributed by atoms with Crippen LogP contribution < -0.4 is 5.32 Å². The van der Waals surface area contributed by atoms with Crippen molar-refractivity contribution in [2.75, 3.05) is 11.9 Å². The SMILES string of the molecule is c1ccc2[nH]c(-c3n[nH]c4ccc(-c5cncc6c5CCCN6)cc34)nc2c1. The molecule has 0 bridgehead atoms. The van der Waals surface area contributed by atoms with Gasteiger partial charge in [-0.15, -0.1) is 0 Å². The lowest BCUT2D eigenvalue weighted by Gasteiger charge is -2.20. The van der Waals surface area contributed by atoms with E-state index in [9.17, 15) is 0 Å². The molecule has 6 nitrogen and oxygen atoms in total. The summed E-state index contributed by atoms with van der Waals surface area (Å²) >= 11 is 0. The van der Waals surface area contributed by atoms with Gasteiger partial charge in [-0.05, 0) is 48.2 Å². The minimum atomic E-state index is 0.777. The van der Waals surface area contributed by atoms with Gasteiger partial charge in [0.2, 0.25) is 0 Å². The molecular weight excluding hydrogens is 348 g/mol. The fourth-order valence-corrected chi connectivity index (χ4v) is 4.07. The van der Waals surface area contributed by atoms with Gasteiger partial charge in [-0.25, -0.2) is 4.98 Å². The van der Waals surface area contributed by atoms with E-state index in [4.69, 9.17) is 4.98 Å². The molecule has 3 N–H and O–H groups in total. The lowest BCUT2D eigenvalue weighted by Crippen LogP contribution is -2.12. The van der Waals surface area contributed by atoms with Crippen LogP contribution in [0.2, 0.25) is 0 Å². The third-order valence-corrected chi connectivity index (χ3v) is 5.46. The van der Waals surface area contributed by atoms with Crippen LogP contribution in [-0.4, -0.2) is 31.7 Å². The van der Waals surface area contributed by atoms with Gasteiger partial charge in [0.15, 0.2) is 5.82 Å². The standard InChI is InChI=1S/C22H18N6/c1-2-6-19-18(5-1)25-22(26-19)21-15-10-13(7-8-17(15)27-28-21)16-11-23-12-20-14(16)4-3-9-24-20/h1-2,5-8,10-12,24H,3-4,9H2,(H,25,26)(H,27,28). The van der Waals surface area contributed by atoms with Crippen molar-refractivity contribution in [3.05, 3.63) is 60.4 Å². The first-order valence-corrected chi connectivity index (χ1v) is 9.51. The Bertz CT molecular complexity index is 1300. The van der Waals surface area contributed by atoms with Crippen molar-refractivity contribution in [3.63, 3.8) is 0 Å². The average molecular weight is 366 g/mol. The molecule has 0 aliphatic carbocycles. The molecule has 0 saturated heterocycles. The number of hydrogen-bond donors (Lipinski definition) is 3. The number of hydrogen-bond acceptors (Lipinski definition) is 4. The van der Waals surface area contributed by atoms with E-state index in [-0.39, 0.29) is 0 Å². The first-order valence-electron chi connectivity index (χ1n) is 9.51. The van der Waals surface area contributed by atoms with Gasteiger partial charge in [-0.3, -0.25) is 10.1 Å². The van der Waals surface area contributed by atoms with Gasteiger partial charge >= 0.3 is 0 Å². The zero-order valence-corrected chi connectivity index (χ0v) is 15.2. The number of imidazole rings is 1. The fraction of sp³-hybridized carbons (Fsp3) is 0.136. The number of pyridine rings is 1. The van der Waals surface area contributed by atoms with Gasteiger partial charge in [0, 0.05) is 23.7 Å². The molecule has 0 spiro atoms. The van der Waals surface area contributed by atoms with Gasteiger partial charge in [0.25, 0.3) is 0 Å². The zero-order valence-electron chi connectivity index (χ0n) is 15.2. The number of aromatic nitrogens is 5. The Labute approximate surface area is 161 Å². The van der Waals surface area contributed by atoms with Crippen LogP contribution in [0.15, 0.2) is 54.9 Å². The van der Waals surface area contributed by atoms with Crippen LogP contribution in [0.3, 0.4) is 0 Å². The van der Waals surface area contributed by atoms with Crippen molar-refractivity contribution in [2.45, 2.75) is 12.8 Å². The maximum atomic E-state index is 4.72. The molecular formula is C22H18N6. The molecule has 2 aromatic carbocycles. The highest BCUT2D eigenvalue weighted by Crippen LogP contribution is 2.35. The summed E-state index contributed by atoms with van der Waals surface area (Å²) in [5, 5.41) is 12.2. The van der Waals surface area contributed by atoms with Crippen LogP contribution in [0.1, 0.15) is 12.0 Å². The quantitative estimate of drug-likeness (QED) is 0.429. The number of para-hydroxylation sites is 2. The monoisotopic (exact) mass is 366 g/mol. The molecule has 0 radical (unpaired) electrons. The van der Waals surface area contributed by atoms with Gasteiger partial charge in [0.05, 0.1) is 28.4 Å². The van der Waals surface area contributed by atoms with Crippen LogP contribution in [0.4, 0.5) is 5.69 Å². The molecule has 3 aromatic heterocycles. The molecule has 0 fully saturated rings. The van der Waals surface area contributed by atoms with E-state index < -0.39 is 0 Å². The molecule has 1 aliphatic heterocycles. The van der Waals surface area contributed by atoms with Crippen molar-refractivity contribution in [3.8, 4) is 22.6 Å². The van der Waals surface area contributed by atoms with Gasteiger partial charge in [-0.2, -0.15) is 5.10 Å². The largest absolute Gasteiger partial charge is 0.384 e. The molecule has 136 valence electrons. The van der Waals surface area contributed by atoms with E-state index in [0.717, 1.165) is 64.1 Å². The first kappa shape index (κ1) is 15.4. The van der Waals surface area contributed by atoms with Crippen molar-refractivity contribution >= 4 is 27.6 Å². The van der Waals surface area contributed by atoms with E-state index in [1.807, 2.05) is 36.7 Å². The highest BCUT2D eigenvalue weighted by molar-refractivity contribution is 5.96. The Morgan fingerprint density at radius 1 is 0.964 bits per heavy atom.